The largest absolute Gasteiger partial charge is 0.497 e. The summed E-state index contributed by atoms with van der Waals surface area (Å²) in [6.45, 7) is 0. The first-order chi connectivity index (χ1) is 6.74. The van der Waals surface area contributed by atoms with Gasteiger partial charge < -0.3 is 19.6 Å². The van der Waals surface area contributed by atoms with Crippen LogP contribution >= 0.6 is 0 Å². The summed E-state index contributed by atoms with van der Waals surface area (Å²) in [5.74, 6) is 1.47. The number of H-pyrrole nitrogens is 1. The highest BCUT2D eigenvalue weighted by Gasteiger charge is 2.07. The fraction of sp³-hybridized carbons (Fsp3) is 0.200. The van der Waals surface area contributed by atoms with Crippen LogP contribution in [0, 0.1) is 0 Å². The first kappa shape index (κ1) is 8.74. The predicted octanol–water partition coefficient (Wildman–Crippen LogP) is 1.89. The lowest BCUT2D eigenvalue weighted by atomic mass is 10.2. The van der Waals surface area contributed by atoms with E-state index in [1.807, 2.05) is 6.07 Å². The molecule has 4 nitrogen and oxygen atoms in total. The highest BCUT2D eigenvalue weighted by atomic mass is 16.5. The molecule has 4 heteroatoms. The number of benzene rings is 1. The number of aromatic nitrogens is 1. The zero-order valence-electron chi connectivity index (χ0n) is 8.00. The molecular formula is C10H11NO3. The number of methoxy groups -OCH3 is 2. The van der Waals surface area contributed by atoms with E-state index in [4.69, 9.17) is 9.47 Å². The SMILES string of the molecule is COc1cc(OC)c2[nH]c(O)cc2c1. The third-order valence-electron chi connectivity index (χ3n) is 2.11. The second kappa shape index (κ2) is 3.14. The summed E-state index contributed by atoms with van der Waals surface area (Å²) in [5, 5.41) is 10.1. The fourth-order valence-electron chi connectivity index (χ4n) is 1.45. The third kappa shape index (κ3) is 1.25. The molecule has 0 aliphatic carbocycles. The average Bonchev–Trinajstić information content (AvgIpc) is 2.56. The third-order valence-corrected chi connectivity index (χ3v) is 2.11. The predicted molar refractivity (Wildman–Crippen MR) is 53.1 cm³/mol. The minimum absolute atomic E-state index is 0.117. The summed E-state index contributed by atoms with van der Waals surface area (Å²) >= 11 is 0. The number of rotatable bonds is 2. The standard InChI is InChI=1S/C10H11NO3/c1-13-7-3-6-4-9(12)11-10(6)8(5-7)14-2/h3-5,11-12H,1-2H3. The Labute approximate surface area is 81.1 Å². The Morgan fingerprint density at radius 3 is 2.57 bits per heavy atom. The van der Waals surface area contributed by atoms with E-state index in [0.29, 0.717) is 11.5 Å². The topological polar surface area (TPSA) is 54.5 Å². The Balaban J connectivity index is 2.72. The van der Waals surface area contributed by atoms with Gasteiger partial charge in [-0.3, -0.25) is 0 Å². The molecule has 1 aromatic heterocycles. The molecule has 0 fully saturated rings. The number of hydrogen-bond acceptors (Lipinski definition) is 3. The summed E-state index contributed by atoms with van der Waals surface area (Å²) in [7, 11) is 3.17. The van der Waals surface area contributed by atoms with Crippen LogP contribution in [0.15, 0.2) is 18.2 Å². The molecule has 0 bridgehead atoms. The molecule has 14 heavy (non-hydrogen) atoms. The lowest BCUT2D eigenvalue weighted by molar-refractivity contribution is 0.397. The smallest absolute Gasteiger partial charge is 0.189 e. The van der Waals surface area contributed by atoms with Crippen molar-refractivity contribution in [1.82, 2.24) is 4.98 Å². The number of fused-ring (bicyclic) bond motifs is 1. The van der Waals surface area contributed by atoms with Gasteiger partial charge in [-0.1, -0.05) is 0 Å². The normalized spacial score (nSPS) is 10.4. The molecule has 0 radical (unpaired) electrons. The highest BCUT2D eigenvalue weighted by molar-refractivity contribution is 5.88. The number of nitrogens with one attached hydrogen (secondary N) is 1. The van der Waals surface area contributed by atoms with Crippen LogP contribution < -0.4 is 9.47 Å². The molecule has 0 aliphatic rings. The van der Waals surface area contributed by atoms with Crippen molar-refractivity contribution in [3.63, 3.8) is 0 Å². The van der Waals surface area contributed by atoms with Crippen molar-refractivity contribution in [2.24, 2.45) is 0 Å². The van der Waals surface area contributed by atoms with Gasteiger partial charge in [0.2, 0.25) is 0 Å². The number of aromatic hydroxyl groups is 1. The maximum atomic E-state index is 9.29. The first-order valence-electron chi connectivity index (χ1n) is 4.18. The monoisotopic (exact) mass is 193 g/mol. The molecule has 74 valence electrons. The van der Waals surface area contributed by atoms with Crippen molar-refractivity contribution in [3.8, 4) is 17.4 Å². The van der Waals surface area contributed by atoms with Gasteiger partial charge in [-0.15, -0.1) is 0 Å². The molecule has 2 aromatic rings. The van der Waals surface area contributed by atoms with E-state index in [0.717, 1.165) is 10.9 Å². The maximum Gasteiger partial charge on any atom is 0.189 e. The highest BCUT2D eigenvalue weighted by Crippen LogP contribution is 2.32. The molecule has 0 atom stereocenters. The van der Waals surface area contributed by atoms with E-state index in [-0.39, 0.29) is 5.88 Å². The van der Waals surface area contributed by atoms with Gasteiger partial charge in [0, 0.05) is 17.5 Å². The molecule has 0 aliphatic heterocycles. The molecule has 1 heterocycles. The van der Waals surface area contributed by atoms with Gasteiger partial charge in [-0.2, -0.15) is 0 Å². The first-order valence-corrected chi connectivity index (χ1v) is 4.18. The van der Waals surface area contributed by atoms with Crippen molar-refractivity contribution in [1.29, 1.82) is 0 Å². The quantitative estimate of drug-likeness (QED) is 0.765. The van der Waals surface area contributed by atoms with Crippen molar-refractivity contribution >= 4 is 10.9 Å². The Bertz CT molecular complexity index is 462. The van der Waals surface area contributed by atoms with Gasteiger partial charge in [-0.25, -0.2) is 0 Å². The molecule has 0 spiro atoms. The van der Waals surface area contributed by atoms with E-state index in [1.54, 1.807) is 26.4 Å². The van der Waals surface area contributed by atoms with Gasteiger partial charge in [-0.05, 0) is 6.07 Å². The Morgan fingerprint density at radius 1 is 1.14 bits per heavy atom. The summed E-state index contributed by atoms with van der Waals surface area (Å²) in [5.41, 5.74) is 0.769. The van der Waals surface area contributed by atoms with E-state index in [2.05, 4.69) is 4.98 Å². The summed E-state index contributed by atoms with van der Waals surface area (Å²) in [6.07, 6.45) is 0. The molecular weight excluding hydrogens is 182 g/mol. The average molecular weight is 193 g/mol. The zero-order chi connectivity index (χ0) is 10.1. The van der Waals surface area contributed by atoms with Gasteiger partial charge in [0.25, 0.3) is 0 Å². The Morgan fingerprint density at radius 2 is 1.93 bits per heavy atom. The van der Waals surface area contributed by atoms with Gasteiger partial charge >= 0.3 is 0 Å². The van der Waals surface area contributed by atoms with E-state index in [1.165, 1.54) is 0 Å². The lowest BCUT2D eigenvalue weighted by Gasteiger charge is -2.04. The van der Waals surface area contributed by atoms with Crippen LogP contribution in [0.5, 0.6) is 17.4 Å². The van der Waals surface area contributed by atoms with Crippen LogP contribution in [0.25, 0.3) is 10.9 Å². The second-order valence-electron chi connectivity index (χ2n) is 2.95. The molecule has 0 saturated heterocycles. The molecule has 0 saturated carbocycles. The van der Waals surface area contributed by atoms with Crippen LogP contribution in [0.4, 0.5) is 0 Å². The van der Waals surface area contributed by atoms with Crippen LogP contribution in [-0.2, 0) is 0 Å². The van der Waals surface area contributed by atoms with Crippen molar-refractivity contribution < 1.29 is 14.6 Å². The summed E-state index contributed by atoms with van der Waals surface area (Å²) in [6, 6.07) is 5.22. The Kier molecular flexibility index (Phi) is 1.96. The van der Waals surface area contributed by atoms with Crippen molar-refractivity contribution in [3.05, 3.63) is 18.2 Å². The Hall–Kier alpha value is -1.84. The molecule has 2 rings (SSSR count). The number of aromatic amines is 1. The lowest BCUT2D eigenvalue weighted by Crippen LogP contribution is -1.87. The molecule has 0 amide bonds. The van der Waals surface area contributed by atoms with E-state index < -0.39 is 0 Å². The summed E-state index contributed by atoms with van der Waals surface area (Å²) in [4.78, 5) is 2.80. The van der Waals surface area contributed by atoms with Gasteiger partial charge in [0.15, 0.2) is 5.88 Å². The van der Waals surface area contributed by atoms with Crippen LogP contribution in [0.1, 0.15) is 0 Å². The van der Waals surface area contributed by atoms with Crippen LogP contribution in [0.2, 0.25) is 0 Å². The van der Waals surface area contributed by atoms with E-state index in [9.17, 15) is 5.11 Å². The molecule has 0 unspecified atom stereocenters. The van der Waals surface area contributed by atoms with Crippen molar-refractivity contribution in [2.45, 2.75) is 0 Å². The van der Waals surface area contributed by atoms with Crippen LogP contribution in [0.3, 0.4) is 0 Å². The number of hydrogen-bond donors (Lipinski definition) is 2. The minimum atomic E-state index is 0.117. The van der Waals surface area contributed by atoms with Gasteiger partial charge in [0.05, 0.1) is 19.7 Å². The minimum Gasteiger partial charge on any atom is -0.497 e. The second-order valence-corrected chi connectivity index (χ2v) is 2.95. The summed E-state index contributed by atoms with van der Waals surface area (Å²) < 4.78 is 10.3. The van der Waals surface area contributed by atoms with Crippen LogP contribution in [-0.4, -0.2) is 24.3 Å². The van der Waals surface area contributed by atoms with E-state index >= 15 is 0 Å². The molecule has 1 aromatic carbocycles. The molecule has 2 N–H and O–H groups in total. The number of ether oxygens (including phenoxy) is 2. The maximum absolute atomic E-state index is 9.29. The fourth-order valence-corrected chi connectivity index (χ4v) is 1.45. The zero-order valence-corrected chi connectivity index (χ0v) is 8.00. The van der Waals surface area contributed by atoms with Crippen molar-refractivity contribution in [2.75, 3.05) is 14.2 Å². The van der Waals surface area contributed by atoms with Gasteiger partial charge in [0.1, 0.15) is 11.5 Å².